The van der Waals surface area contributed by atoms with Gasteiger partial charge < -0.3 is 11.1 Å². The standard InChI is InChI=1S/C12H14N6OS/c1-7-2-4-8(5-3-7)14-12(20)18-17-11-15-9(13)6-10(19)16-11/h2-6H,1H3,(H2,14,18,20)(H4,13,15,16,17,19). The minimum atomic E-state index is -0.348. The second kappa shape index (κ2) is 6.02. The van der Waals surface area contributed by atoms with Crippen molar-refractivity contribution < 1.29 is 0 Å². The Balaban J connectivity index is 1.92. The van der Waals surface area contributed by atoms with Crippen LogP contribution in [0.3, 0.4) is 0 Å². The molecule has 0 aliphatic rings. The average molecular weight is 290 g/mol. The minimum absolute atomic E-state index is 0.121. The Morgan fingerprint density at radius 2 is 2.05 bits per heavy atom. The molecule has 0 saturated carbocycles. The molecule has 2 aromatic rings. The molecule has 0 bridgehead atoms. The number of benzene rings is 1. The van der Waals surface area contributed by atoms with E-state index in [0.29, 0.717) is 5.11 Å². The maximum Gasteiger partial charge on any atom is 0.254 e. The monoisotopic (exact) mass is 290 g/mol. The van der Waals surface area contributed by atoms with E-state index in [4.69, 9.17) is 18.0 Å². The lowest BCUT2D eigenvalue weighted by molar-refractivity contribution is 1.02. The molecule has 1 heterocycles. The van der Waals surface area contributed by atoms with Gasteiger partial charge in [0, 0.05) is 11.8 Å². The molecule has 1 aromatic carbocycles. The summed E-state index contributed by atoms with van der Waals surface area (Å²) in [6.07, 6.45) is 0. The first kappa shape index (κ1) is 13.8. The van der Waals surface area contributed by atoms with Gasteiger partial charge in [-0.2, -0.15) is 4.98 Å². The highest BCUT2D eigenvalue weighted by molar-refractivity contribution is 7.80. The zero-order valence-corrected chi connectivity index (χ0v) is 11.5. The highest BCUT2D eigenvalue weighted by atomic mass is 32.1. The van der Waals surface area contributed by atoms with Crippen molar-refractivity contribution in [1.29, 1.82) is 0 Å². The third-order valence-corrected chi connectivity index (χ3v) is 2.57. The van der Waals surface area contributed by atoms with Crippen molar-refractivity contribution in [2.45, 2.75) is 6.92 Å². The normalized spacial score (nSPS) is 9.85. The molecule has 0 saturated heterocycles. The molecular formula is C12H14N6OS. The van der Waals surface area contributed by atoms with Gasteiger partial charge >= 0.3 is 0 Å². The summed E-state index contributed by atoms with van der Waals surface area (Å²) < 4.78 is 0. The molecule has 1 aromatic heterocycles. The van der Waals surface area contributed by atoms with Gasteiger partial charge in [0.15, 0.2) is 5.11 Å². The van der Waals surface area contributed by atoms with Crippen LogP contribution in [0.4, 0.5) is 17.5 Å². The fourth-order valence-corrected chi connectivity index (χ4v) is 1.62. The molecule has 8 heteroatoms. The number of rotatable bonds is 3. The van der Waals surface area contributed by atoms with Gasteiger partial charge in [0.05, 0.1) is 0 Å². The molecule has 104 valence electrons. The number of anilines is 3. The van der Waals surface area contributed by atoms with Crippen molar-refractivity contribution >= 4 is 34.8 Å². The fraction of sp³-hybridized carbons (Fsp3) is 0.0833. The zero-order valence-electron chi connectivity index (χ0n) is 10.7. The molecule has 0 atom stereocenters. The SMILES string of the molecule is Cc1ccc(NC(=S)NNc2nc(N)cc(=O)[nH]2)cc1. The Hall–Kier alpha value is -2.61. The number of nitrogens with zero attached hydrogens (tertiary/aromatic N) is 1. The number of hydrogen-bond donors (Lipinski definition) is 5. The molecule has 0 aliphatic heterocycles. The Labute approximate surface area is 120 Å². The first-order valence-electron chi connectivity index (χ1n) is 5.79. The van der Waals surface area contributed by atoms with Crippen LogP contribution in [0.5, 0.6) is 0 Å². The predicted octanol–water partition coefficient (Wildman–Crippen LogP) is 0.974. The Morgan fingerprint density at radius 1 is 1.35 bits per heavy atom. The second-order valence-corrected chi connectivity index (χ2v) is 4.50. The van der Waals surface area contributed by atoms with Gasteiger partial charge in [-0.3, -0.25) is 20.6 Å². The first-order chi connectivity index (χ1) is 9.52. The molecule has 0 spiro atoms. The number of thiocarbonyl (C=S) groups is 1. The fourth-order valence-electron chi connectivity index (χ4n) is 1.45. The first-order valence-corrected chi connectivity index (χ1v) is 6.20. The largest absolute Gasteiger partial charge is 0.383 e. The predicted molar refractivity (Wildman–Crippen MR) is 83.4 cm³/mol. The number of aryl methyl sites for hydroxylation is 1. The smallest absolute Gasteiger partial charge is 0.254 e. The van der Waals surface area contributed by atoms with E-state index in [1.165, 1.54) is 6.07 Å². The van der Waals surface area contributed by atoms with Gasteiger partial charge in [0.2, 0.25) is 5.95 Å². The molecule has 0 radical (unpaired) electrons. The van der Waals surface area contributed by atoms with E-state index in [2.05, 4.69) is 26.1 Å². The number of nitrogens with one attached hydrogen (secondary N) is 4. The summed E-state index contributed by atoms with van der Waals surface area (Å²) in [6, 6.07) is 8.94. The van der Waals surface area contributed by atoms with Crippen LogP contribution in [-0.2, 0) is 0 Å². The van der Waals surface area contributed by atoms with Crippen molar-refractivity contribution in [3.8, 4) is 0 Å². The molecule has 6 N–H and O–H groups in total. The highest BCUT2D eigenvalue weighted by Gasteiger charge is 2.00. The quantitative estimate of drug-likeness (QED) is 0.423. The summed E-state index contributed by atoms with van der Waals surface area (Å²) in [6.45, 7) is 2.00. The summed E-state index contributed by atoms with van der Waals surface area (Å²) >= 11 is 5.10. The molecule has 0 unspecified atom stereocenters. The number of aromatic nitrogens is 2. The number of hydrazine groups is 1. The van der Waals surface area contributed by atoms with Gasteiger partial charge in [-0.15, -0.1) is 0 Å². The maximum atomic E-state index is 11.2. The van der Waals surface area contributed by atoms with Crippen LogP contribution < -0.4 is 27.5 Å². The third-order valence-electron chi connectivity index (χ3n) is 2.37. The van der Waals surface area contributed by atoms with Crippen LogP contribution >= 0.6 is 12.2 Å². The molecule has 20 heavy (non-hydrogen) atoms. The Kier molecular flexibility index (Phi) is 4.16. The van der Waals surface area contributed by atoms with Crippen LogP contribution in [0.2, 0.25) is 0 Å². The van der Waals surface area contributed by atoms with Gasteiger partial charge in [-0.05, 0) is 31.3 Å². The summed E-state index contributed by atoms with van der Waals surface area (Å²) in [5.74, 6) is 0.304. The number of H-pyrrole nitrogens is 1. The molecule has 2 rings (SSSR count). The van der Waals surface area contributed by atoms with Crippen molar-refractivity contribution in [3.05, 3.63) is 46.2 Å². The van der Waals surface area contributed by atoms with Crippen molar-refractivity contribution in [3.63, 3.8) is 0 Å². The summed E-state index contributed by atoms with van der Waals surface area (Å²) in [5, 5.41) is 3.31. The van der Waals surface area contributed by atoms with E-state index in [0.717, 1.165) is 11.3 Å². The summed E-state index contributed by atoms with van der Waals surface area (Å²) in [4.78, 5) is 17.5. The Morgan fingerprint density at radius 3 is 2.70 bits per heavy atom. The van der Waals surface area contributed by atoms with Gasteiger partial charge in [-0.1, -0.05) is 17.7 Å². The lowest BCUT2D eigenvalue weighted by Gasteiger charge is -2.11. The summed E-state index contributed by atoms with van der Waals surface area (Å²) in [7, 11) is 0. The Bertz CT molecular complexity index is 666. The van der Waals surface area contributed by atoms with Gasteiger partial charge in [0.1, 0.15) is 5.82 Å². The van der Waals surface area contributed by atoms with E-state index in [1.54, 1.807) is 0 Å². The lowest BCUT2D eigenvalue weighted by atomic mass is 10.2. The number of nitrogen functional groups attached to an aromatic ring is 1. The molecule has 0 aliphatic carbocycles. The van der Waals surface area contributed by atoms with Crippen LogP contribution in [0.1, 0.15) is 5.56 Å². The van der Waals surface area contributed by atoms with Gasteiger partial charge in [0.25, 0.3) is 5.56 Å². The second-order valence-electron chi connectivity index (χ2n) is 4.09. The van der Waals surface area contributed by atoms with E-state index in [-0.39, 0.29) is 17.3 Å². The molecular weight excluding hydrogens is 276 g/mol. The number of hydrogen-bond acceptors (Lipinski definition) is 5. The topological polar surface area (TPSA) is 108 Å². The summed E-state index contributed by atoms with van der Waals surface area (Å²) in [5.41, 5.74) is 12.5. The molecule has 7 nitrogen and oxygen atoms in total. The van der Waals surface area contributed by atoms with Crippen LogP contribution in [0.25, 0.3) is 0 Å². The molecule has 0 fully saturated rings. The minimum Gasteiger partial charge on any atom is -0.383 e. The van der Waals surface area contributed by atoms with Crippen LogP contribution in [0, 0.1) is 6.92 Å². The van der Waals surface area contributed by atoms with E-state index >= 15 is 0 Å². The third kappa shape index (κ3) is 3.95. The van der Waals surface area contributed by atoms with Crippen LogP contribution in [-0.4, -0.2) is 15.1 Å². The van der Waals surface area contributed by atoms with Gasteiger partial charge in [-0.25, -0.2) is 0 Å². The van der Waals surface area contributed by atoms with Crippen molar-refractivity contribution in [1.82, 2.24) is 15.4 Å². The lowest BCUT2D eigenvalue weighted by Crippen LogP contribution is -2.34. The molecule has 0 amide bonds. The van der Waals surface area contributed by atoms with Crippen LogP contribution in [0.15, 0.2) is 35.1 Å². The zero-order chi connectivity index (χ0) is 14.5. The highest BCUT2D eigenvalue weighted by Crippen LogP contribution is 2.08. The van der Waals surface area contributed by atoms with Crippen molar-refractivity contribution in [2.75, 3.05) is 16.5 Å². The maximum absolute atomic E-state index is 11.2. The van der Waals surface area contributed by atoms with E-state index in [1.807, 2.05) is 31.2 Å². The van der Waals surface area contributed by atoms with E-state index in [9.17, 15) is 4.79 Å². The van der Waals surface area contributed by atoms with E-state index < -0.39 is 0 Å². The van der Waals surface area contributed by atoms with Crippen molar-refractivity contribution in [2.24, 2.45) is 0 Å². The number of aromatic amines is 1. The average Bonchev–Trinajstić information content (AvgIpc) is 2.38. The number of nitrogens with two attached hydrogens (primary N) is 1.